The largest absolute Gasteiger partial charge is 0.398 e. The number of nitrogens with one attached hydrogen (secondary N) is 1. The van der Waals surface area contributed by atoms with Crippen molar-refractivity contribution >= 4 is 11.6 Å². The Bertz CT molecular complexity index is 402. The van der Waals surface area contributed by atoms with Crippen LogP contribution in [-0.4, -0.2) is 23.2 Å². The Kier molecular flexibility index (Phi) is 4.52. The molecular formula is C13H20N2O2. The van der Waals surface area contributed by atoms with Crippen LogP contribution >= 0.6 is 0 Å². The van der Waals surface area contributed by atoms with Crippen LogP contribution in [0.15, 0.2) is 18.2 Å². The van der Waals surface area contributed by atoms with E-state index < -0.39 is 6.10 Å². The topological polar surface area (TPSA) is 75.3 Å². The lowest BCUT2D eigenvalue weighted by atomic mass is 10.1. The lowest BCUT2D eigenvalue weighted by Gasteiger charge is -2.15. The summed E-state index contributed by atoms with van der Waals surface area (Å²) in [5.74, 6) is -0.162. The second-order valence-corrected chi connectivity index (χ2v) is 4.53. The highest BCUT2D eigenvalue weighted by Gasteiger charge is 2.12. The number of aryl methyl sites for hydroxylation is 1. The second kappa shape index (κ2) is 5.68. The summed E-state index contributed by atoms with van der Waals surface area (Å²) in [6.45, 7) is 5.46. The van der Waals surface area contributed by atoms with E-state index in [1.54, 1.807) is 19.1 Å². The van der Waals surface area contributed by atoms with Gasteiger partial charge in [0.05, 0.1) is 6.10 Å². The van der Waals surface area contributed by atoms with E-state index >= 15 is 0 Å². The van der Waals surface area contributed by atoms with Gasteiger partial charge in [0.25, 0.3) is 5.91 Å². The number of rotatable bonds is 4. The Hall–Kier alpha value is -1.55. The van der Waals surface area contributed by atoms with E-state index in [1.807, 2.05) is 19.9 Å². The summed E-state index contributed by atoms with van der Waals surface area (Å²) in [5.41, 5.74) is 7.87. The lowest BCUT2D eigenvalue weighted by molar-refractivity contribution is 0.0923. The molecule has 2 unspecified atom stereocenters. The SMILES string of the molecule is Cc1ccc(C(=O)NC(C)CC(C)O)cc1N. The number of nitrogens with two attached hydrogens (primary N) is 1. The average molecular weight is 236 g/mol. The van der Waals surface area contributed by atoms with Gasteiger partial charge >= 0.3 is 0 Å². The van der Waals surface area contributed by atoms with Crippen molar-refractivity contribution < 1.29 is 9.90 Å². The molecule has 0 saturated carbocycles. The highest BCUT2D eigenvalue weighted by molar-refractivity contribution is 5.95. The van der Waals surface area contributed by atoms with E-state index in [0.29, 0.717) is 17.7 Å². The Balaban J connectivity index is 2.66. The first-order valence-electron chi connectivity index (χ1n) is 5.75. The highest BCUT2D eigenvalue weighted by Crippen LogP contribution is 2.13. The van der Waals surface area contributed by atoms with Gasteiger partial charge in [0.2, 0.25) is 0 Å². The monoisotopic (exact) mass is 236 g/mol. The molecule has 0 aliphatic carbocycles. The molecule has 1 aromatic rings. The van der Waals surface area contributed by atoms with Crippen molar-refractivity contribution in [1.82, 2.24) is 5.32 Å². The van der Waals surface area contributed by atoms with Crippen LogP contribution < -0.4 is 11.1 Å². The van der Waals surface area contributed by atoms with Crippen LogP contribution in [0.2, 0.25) is 0 Å². The van der Waals surface area contributed by atoms with Gasteiger partial charge in [-0.1, -0.05) is 6.07 Å². The quantitative estimate of drug-likeness (QED) is 0.693. The number of anilines is 1. The number of carbonyl (C=O) groups is 1. The zero-order valence-corrected chi connectivity index (χ0v) is 10.5. The van der Waals surface area contributed by atoms with Crippen molar-refractivity contribution in [1.29, 1.82) is 0 Å². The summed E-state index contributed by atoms with van der Waals surface area (Å²) in [5, 5.41) is 12.0. The van der Waals surface area contributed by atoms with Gasteiger partial charge in [0.1, 0.15) is 0 Å². The van der Waals surface area contributed by atoms with E-state index in [2.05, 4.69) is 5.32 Å². The van der Waals surface area contributed by atoms with Crippen molar-refractivity contribution in [2.45, 2.75) is 39.3 Å². The number of aliphatic hydroxyl groups is 1. The zero-order valence-electron chi connectivity index (χ0n) is 10.5. The summed E-state index contributed by atoms with van der Waals surface area (Å²) < 4.78 is 0. The number of carbonyl (C=O) groups excluding carboxylic acids is 1. The van der Waals surface area contributed by atoms with E-state index in [9.17, 15) is 9.90 Å². The Morgan fingerprint density at radius 2 is 2.12 bits per heavy atom. The second-order valence-electron chi connectivity index (χ2n) is 4.53. The van der Waals surface area contributed by atoms with Gasteiger partial charge in [-0.2, -0.15) is 0 Å². The van der Waals surface area contributed by atoms with Crippen LogP contribution in [-0.2, 0) is 0 Å². The molecule has 4 heteroatoms. The van der Waals surface area contributed by atoms with Gasteiger partial charge < -0.3 is 16.2 Å². The average Bonchev–Trinajstić information content (AvgIpc) is 2.20. The molecule has 0 aliphatic rings. The van der Waals surface area contributed by atoms with Crippen LogP contribution in [0.1, 0.15) is 36.2 Å². The molecule has 17 heavy (non-hydrogen) atoms. The number of hydrogen-bond acceptors (Lipinski definition) is 3. The first-order chi connectivity index (χ1) is 7.90. The van der Waals surface area contributed by atoms with E-state index in [-0.39, 0.29) is 11.9 Å². The fourth-order valence-electron chi connectivity index (χ4n) is 1.66. The van der Waals surface area contributed by atoms with Crippen molar-refractivity contribution in [3.63, 3.8) is 0 Å². The predicted octanol–water partition coefficient (Wildman–Crippen LogP) is 1.47. The molecule has 4 N–H and O–H groups in total. The lowest BCUT2D eigenvalue weighted by Crippen LogP contribution is -2.34. The molecule has 0 bridgehead atoms. The van der Waals surface area contributed by atoms with Crippen molar-refractivity contribution in [3.8, 4) is 0 Å². The first kappa shape index (κ1) is 13.5. The zero-order chi connectivity index (χ0) is 13.0. The summed E-state index contributed by atoms with van der Waals surface area (Å²) >= 11 is 0. The summed E-state index contributed by atoms with van der Waals surface area (Å²) in [7, 11) is 0. The highest BCUT2D eigenvalue weighted by atomic mass is 16.3. The number of amides is 1. The third kappa shape index (κ3) is 4.07. The molecule has 0 fully saturated rings. The molecule has 0 saturated heterocycles. The summed E-state index contributed by atoms with van der Waals surface area (Å²) in [6.07, 6.45) is 0.112. The van der Waals surface area contributed by atoms with Crippen LogP contribution in [0.3, 0.4) is 0 Å². The summed E-state index contributed by atoms with van der Waals surface area (Å²) in [6, 6.07) is 5.17. The van der Waals surface area contributed by atoms with Gasteiger partial charge in [-0.25, -0.2) is 0 Å². The third-order valence-electron chi connectivity index (χ3n) is 2.61. The molecule has 2 atom stereocenters. The molecule has 0 spiro atoms. The van der Waals surface area contributed by atoms with Crippen LogP contribution in [0.4, 0.5) is 5.69 Å². The van der Waals surface area contributed by atoms with E-state index in [4.69, 9.17) is 5.73 Å². The minimum atomic E-state index is -0.423. The number of benzene rings is 1. The predicted molar refractivity (Wildman–Crippen MR) is 68.8 cm³/mol. The van der Waals surface area contributed by atoms with Gasteiger partial charge in [0, 0.05) is 17.3 Å². The van der Waals surface area contributed by atoms with Crippen LogP contribution in [0.25, 0.3) is 0 Å². The summed E-state index contributed by atoms with van der Waals surface area (Å²) in [4.78, 5) is 11.9. The normalized spacial score (nSPS) is 14.1. The molecule has 0 aromatic heterocycles. The van der Waals surface area contributed by atoms with Crippen molar-refractivity contribution in [3.05, 3.63) is 29.3 Å². The van der Waals surface area contributed by atoms with Crippen LogP contribution in [0.5, 0.6) is 0 Å². The van der Waals surface area contributed by atoms with E-state index in [0.717, 1.165) is 5.56 Å². The van der Waals surface area contributed by atoms with Crippen molar-refractivity contribution in [2.24, 2.45) is 0 Å². The number of hydrogen-bond donors (Lipinski definition) is 3. The molecule has 1 aromatic carbocycles. The molecule has 94 valence electrons. The number of nitrogen functional groups attached to an aromatic ring is 1. The minimum absolute atomic E-state index is 0.0648. The Labute approximate surface area is 102 Å². The molecule has 0 heterocycles. The fraction of sp³-hybridized carbons (Fsp3) is 0.462. The standard InChI is InChI=1S/C13H20N2O2/c1-8-4-5-11(7-12(8)14)13(17)15-9(2)6-10(3)16/h4-5,7,9-10,16H,6,14H2,1-3H3,(H,15,17). The Morgan fingerprint density at radius 1 is 1.47 bits per heavy atom. The maximum Gasteiger partial charge on any atom is 0.251 e. The molecular weight excluding hydrogens is 216 g/mol. The van der Waals surface area contributed by atoms with Crippen LogP contribution in [0, 0.1) is 6.92 Å². The molecule has 4 nitrogen and oxygen atoms in total. The van der Waals surface area contributed by atoms with Gasteiger partial charge in [-0.05, 0) is 44.9 Å². The first-order valence-corrected chi connectivity index (χ1v) is 5.75. The molecule has 0 aliphatic heterocycles. The van der Waals surface area contributed by atoms with Gasteiger partial charge in [-0.3, -0.25) is 4.79 Å². The smallest absolute Gasteiger partial charge is 0.251 e. The van der Waals surface area contributed by atoms with Gasteiger partial charge in [0.15, 0.2) is 0 Å². The Morgan fingerprint density at radius 3 is 2.65 bits per heavy atom. The molecule has 1 rings (SSSR count). The molecule has 0 radical (unpaired) electrons. The maximum absolute atomic E-state index is 11.9. The molecule has 1 amide bonds. The maximum atomic E-state index is 11.9. The third-order valence-corrected chi connectivity index (χ3v) is 2.61. The fourth-order valence-corrected chi connectivity index (χ4v) is 1.66. The van der Waals surface area contributed by atoms with Gasteiger partial charge in [-0.15, -0.1) is 0 Å². The van der Waals surface area contributed by atoms with Crippen molar-refractivity contribution in [2.75, 3.05) is 5.73 Å². The number of aliphatic hydroxyl groups excluding tert-OH is 1. The van der Waals surface area contributed by atoms with E-state index in [1.165, 1.54) is 0 Å². The minimum Gasteiger partial charge on any atom is -0.398 e.